The Bertz CT molecular complexity index is 1030. The van der Waals surface area contributed by atoms with Gasteiger partial charge in [-0.3, -0.25) is 4.79 Å². The molecule has 0 fully saturated rings. The number of anilines is 3. The zero-order chi connectivity index (χ0) is 21.6. The molecule has 0 bridgehead atoms. The minimum absolute atomic E-state index is 0.0840. The summed E-state index contributed by atoms with van der Waals surface area (Å²) >= 11 is 1.56. The van der Waals surface area contributed by atoms with Crippen LogP contribution in [0.2, 0.25) is 0 Å². The molecule has 1 atom stereocenters. The van der Waals surface area contributed by atoms with Crippen LogP contribution < -0.4 is 16.0 Å². The summed E-state index contributed by atoms with van der Waals surface area (Å²) in [5.41, 5.74) is 11.1. The molecule has 2 aliphatic rings. The molecule has 1 aromatic carbocycles. The number of allylic oxidation sites excluding steroid dienone is 2. The third-order valence-corrected chi connectivity index (χ3v) is 6.47. The fourth-order valence-corrected chi connectivity index (χ4v) is 4.98. The first-order valence-corrected chi connectivity index (χ1v) is 11.3. The average Bonchev–Trinajstić information content (AvgIpc) is 2.65. The normalized spacial score (nSPS) is 19.8. The van der Waals surface area contributed by atoms with Gasteiger partial charge in [-0.25, -0.2) is 9.97 Å². The highest BCUT2D eigenvalue weighted by atomic mass is 32.2. The van der Waals surface area contributed by atoms with Crippen molar-refractivity contribution in [3.05, 3.63) is 46.7 Å². The summed E-state index contributed by atoms with van der Waals surface area (Å²) in [5, 5.41) is 4.12. The predicted molar refractivity (Wildman–Crippen MR) is 124 cm³/mol. The van der Waals surface area contributed by atoms with Crippen LogP contribution in [0.1, 0.15) is 50.7 Å². The van der Waals surface area contributed by atoms with Crippen LogP contribution in [0.15, 0.2) is 40.7 Å². The Balaban J connectivity index is 1.90. The summed E-state index contributed by atoms with van der Waals surface area (Å²) in [5.74, 6) is 1.95. The molecule has 0 saturated heterocycles. The molecule has 30 heavy (non-hydrogen) atoms. The Morgan fingerprint density at radius 2 is 1.90 bits per heavy atom. The third-order valence-electron chi connectivity index (χ3n) is 5.74. The van der Waals surface area contributed by atoms with Gasteiger partial charge in [0.1, 0.15) is 11.6 Å². The van der Waals surface area contributed by atoms with Crippen molar-refractivity contribution >= 4 is 34.9 Å². The molecule has 3 N–H and O–H groups in total. The predicted octanol–water partition coefficient (Wildman–Crippen LogP) is 4.44. The SMILES string of the molecule is CCSc1nc(N)c2c(n1)NC1=C(C(=O)CC(C)(C)C1)C2c1ccc(N(C)C)cc1. The minimum atomic E-state index is -0.253. The van der Waals surface area contributed by atoms with E-state index in [2.05, 4.69) is 60.2 Å². The number of fused-ring (bicyclic) bond motifs is 1. The summed E-state index contributed by atoms with van der Waals surface area (Å²) < 4.78 is 0. The van der Waals surface area contributed by atoms with E-state index in [0.29, 0.717) is 17.4 Å². The molecule has 1 unspecified atom stereocenters. The van der Waals surface area contributed by atoms with Gasteiger partial charge in [0.15, 0.2) is 10.9 Å². The van der Waals surface area contributed by atoms with Gasteiger partial charge in [-0.1, -0.05) is 44.7 Å². The average molecular weight is 424 g/mol. The number of benzene rings is 1. The first-order valence-electron chi connectivity index (χ1n) is 10.3. The fraction of sp³-hybridized carbons (Fsp3) is 0.435. The largest absolute Gasteiger partial charge is 0.383 e. The fourth-order valence-electron chi connectivity index (χ4n) is 4.41. The van der Waals surface area contributed by atoms with Gasteiger partial charge in [-0.2, -0.15) is 0 Å². The van der Waals surface area contributed by atoms with Crippen LogP contribution in [-0.4, -0.2) is 35.6 Å². The number of nitrogen functional groups attached to an aromatic ring is 1. The van der Waals surface area contributed by atoms with Gasteiger partial charge in [0, 0.05) is 49.0 Å². The molecule has 2 aromatic rings. The summed E-state index contributed by atoms with van der Waals surface area (Å²) in [6, 6.07) is 8.32. The summed E-state index contributed by atoms with van der Waals surface area (Å²) in [4.78, 5) is 24.7. The lowest BCUT2D eigenvalue weighted by Gasteiger charge is -2.39. The van der Waals surface area contributed by atoms with Crippen molar-refractivity contribution < 1.29 is 4.79 Å². The number of nitrogens with one attached hydrogen (secondary N) is 1. The molecule has 4 rings (SSSR count). The number of thioether (sulfide) groups is 1. The summed E-state index contributed by atoms with van der Waals surface area (Å²) in [7, 11) is 4.03. The molecule has 158 valence electrons. The summed E-state index contributed by atoms with van der Waals surface area (Å²) in [6.07, 6.45) is 1.33. The lowest BCUT2D eigenvalue weighted by atomic mass is 9.69. The van der Waals surface area contributed by atoms with E-state index in [4.69, 9.17) is 10.7 Å². The third kappa shape index (κ3) is 3.67. The Morgan fingerprint density at radius 1 is 1.20 bits per heavy atom. The molecule has 0 amide bonds. The second-order valence-corrected chi connectivity index (χ2v) is 10.2. The van der Waals surface area contributed by atoms with E-state index in [9.17, 15) is 4.79 Å². The second-order valence-electron chi connectivity index (χ2n) is 8.96. The van der Waals surface area contributed by atoms with Crippen molar-refractivity contribution in [3.63, 3.8) is 0 Å². The number of carbonyl (C=O) groups is 1. The quantitative estimate of drug-likeness (QED) is 0.555. The topological polar surface area (TPSA) is 84.1 Å². The zero-order valence-electron chi connectivity index (χ0n) is 18.2. The highest BCUT2D eigenvalue weighted by Gasteiger charge is 2.42. The monoisotopic (exact) mass is 423 g/mol. The standard InChI is InChI=1S/C23H29N5OS/c1-6-30-22-26-20(24)19-17(13-7-9-14(10-8-13)28(4)5)18-15(25-21(19)27-22)11-23(2,3)12-16(18)29/h7-10,17H,6,11-12H2,1-5H3,(H3,24,25,26,27). The van der Waals surface area contributed by atoms with Gasteiger partial charge in [0.2, 0.25) is 0 Å². The molecule has 2 heterocycles. The van der Waals surface area contributed by atoms with Crippen molar-refractivity contribution in [1.29, 1.82) is 0 Å². The van der Waals surface area contributed by atoms with E-state index in [0.717, 1.165) is 46.1 Å². The van der Waals surface area contributed by atoms with Gasteiger partial charge in [0.25, 0.3) is 0 Å². The maximum absolute atomic E-state index is 13.3. The van der Waals surface area contributed by atoms with Gasteiger partial charge >= 0.3 is 0 Å². The number of carbonyl (C=O) groups excluding carboxylic acids is 1. The van der Waals surface area contributed by atoms with E-state index in [1.54, 1.807) is 11.8 Å². The van der Waals surface area contributed by atoms with Gasteiger partial charge in [0.05, 0.1) is 0 Å². The van der Waals surface area contributed by atoms with Crippen LogP contribution in [0.3, 0.4) is 0 Å². The lowest BCUT2D eigenvalue weighted by molar-refractivity contribution is -0.118. The van der Waals surface area contributed by atoms with Crippen molar-refractivity contribution in [2.75, 3.05) is 35.8 Å². The van der Waals surface area contributed by atoms with Crippen LogP contribution >= 0.6 is 11.8 Å². The first kappa shape index (κ1) is 20.7. The van der Waals surface area contributed by atoms with Crippen molar-refractivity contribution in [2.24, 2.45) is 5.41 Å². The van der Waals surface area contributed by atoms with Crippen LogP contribution in [0.4, 0.5) is 17.3 Å². The number of hydrogen-bond donors (Lipinski definition) is 2. The number of rotatable bonds is 4. The Hall–Kier alpha value is -2.54. The van der Waals surface area contributed by atoms with E-state index >= 15 is 0 Å². The lowest BCUT2D eigenvalue weighted by Crippen LogP contribution is -2.34. The number of ketones is 1. The number of Topliss-reactive ketones (excluding diaryl/α,β-unsaturated/α-hetero) is 1. The van der Waals surface area contributed by atoms with E-state index in [-0.39, 0.29) is 17.1 Å². The highest BCUT2D eigenvalue weighted by molar-refractivity contribution is 7.99. The number of hydrogen-bond acceptors (Lipinski definition) is 7. The number of aromatic nitrogens is 2. The van der Waals surface area contributed by atoms with Crippen molar-refractivity contribution in [3.8, 4) is 0 Å². The van der Waals surface area contributed by atoms with Crippen molar-refractivity contribution in [1.82, 2.24) is 9.97 Å². The molecular formula is C23H29N5OS. The molecule has 7 heteroatoms. The first-order chi connectivity index (χ1) is 14.2. The maximum Gasteiger partial charge on any atom is 0.191 e. The van der Waals surface area contributed by atoms with Crippen LogP contribution in [0.25, 0.3) is 0 Å². The molecule has 0 spiro atoms. The van der Waals surface area contributed by atoms with Crippen molar-refractivity contribution in [2.45, 2.75) is 44.7 Å². The molecular weight excluding hydrogens is 394 g/mol. The molecule has 1 aliphatic heterocycles. The zero-order valence-corrected chi connectivity index (χ0v) is 19.1. The summed E-state index contributed by atoms with van der Waals surface area (Å²) in [6.45, 7) is 6.34. The minimum Gasteiger partial charge on any atom is -0.383 e. The second kappa shape index (κ2) is 7.61. The Kier molecular flexibility index (Phi) is 5.26. The molecule has 0 radical (unpaired) electrons. The maximum atomic E-state index is 13.3. The molecule has 1 aliphatic carbocycles. The van der Waals surface area contributed by atoms with Crippen LogP contribution in [-0.2, 0) is 4.79 Å². The smallest absolute Gasteiger partial charge is 0.191 e. The highest BCUT2D eigenvalue weighted by Crippen LogP contribution is 2.50. The molecule has 6 nitrogen and oxygen atoms in total. The van der Waals surface area contributed by atoms with Gasteiger partial charge in [-0.15, -0.1) is 0 Å². The van der Waals surface area contributed by atoms with E-state index in [1.165, 1.54) is 0 Å². The number of nitrogens with two attached hydrogens (primary N) is 1. The van der Waals surface area contributed by atoms with Crippen LogP contribution in [0.5, 0.6) is 0 Å². The van der Waals surface area contributed by atoms with E-state index < -0.39 is 0 Å². The molecule has 1 aromatic heterocycles. The number of nitrogens with zero attached hydrogens (tertiary/aromatic N) is 3. The van der Waals surface area contributed by atoms with Crippen LogP contribution in [0, 0.1) is 5.41 Å². The Labute approximate surface area is 182 Å². The van der Waals surface area contributed by atoms with Gasteiger partial charge < -0.3 is 16.0 Å². The van der Waals surface area contributed by atoms with Gasteiger partial charge in [-0.05, 0) is 35.3 Å². The van der Waals surface area contributed by atoms with E-state index in [1.807, 2.05) is 14.1 Å². The Morgan fingerprint density at radius 3 is 2.53 bits per heavy atom. The molecule has 0 saturated carbocycles.